The average molecular weight is 415 g/mol. The molecule has 29 heavy (non-hydrogen) atoms. The third-order valence-corrected chi connectivity index (χ3v) is 7.66. The summed E-state index contributed by atoms with van der Waals surface area (Å²) in [5.41, 5.74) is -0.671. The van der Waals surface area contributed by atoms with Crippen molar-refractivity contribution in [2.75, 3.05) is 24.7 Å². The lowest BCUT2D eigenvalue weighted by atomic mass is 9.94. The third-order valence-electron chi connectivity index (χ3n) is 6.02. The molecule has 1 aromatic rings. The molecule has 3 heterocycles. The molecule has 4 aliphatic rings. The highest BCUT2D eigenvalue weighted by atomic mass is 32.2. The van der Waals surface area contributed by atoms with E-state index in [1.165, 1.54) is 17.0 Å². The minimum absolute atomic E-state index is 0.0120. The number of sulfonamides is 1. The van der Waals surface area contributed by atoms with Gasteiger partial charge in [0.05, 0.1) is 48.0 Å². The van der Waals surface area contributed by atoms with Crippen LogP contribution in [0.5, 0.6) is 0 Å². The second-order valence-electron chi connectivity index (χ2n) is 8.48. The Labute approximate surface area is 169 Å². The zero-order valence-electron chi connectivity index (χ0n) is 16.2. The van der Waals surface area contributed by atoms with Crippen molar-refractivity contribution in [3.8, 4) is 6.07 Å². The fraction of sp³-hybridized carbons (Fsp3) is 0.526. The summed E-state index contributed by atoms with van der Waals surface area (Å²) < 4.78 is 33.6. The molecule has 0 aromatic heterocycles. The van der Waals surface area contributed by atoms with Crippen molar-refractivity contribution in [3.63, 3.8) is 0 Å². The standard InChI is InChI=1S/C19H21N5O4S/c1-12-8-21-17-23(12)15-4-3-13(29(26,27)22-18(2)5-6-18)7-14(15)16(25)24(17)19(9-20)10-28-11-19/h3-4,7,12,22H,5-6,8,10-11H2,1-2H3/t12-/m1/s1. The van der Waals surface area contributed by atoms with Crippen molar-refractivity contribution < 1.29 is 17.9 Å². The van der Waals surface area contributed by atoms with Crippen LogP contribution in [-0.4, -0.2) is 62.1 Å². The van der Waals surface area contributed by atoms with Gasteiger partial charge in [-0.1, -0.05) is 0 Å². The maximum absolute atomic E-state index is 13.4. The van der Waals surface area contributed by atoms with E-state index in [1.54, 1.807) is 6.07 Å². The van der Waals surface area contributed by atoms with E-state index in [0.29, 0.717) is 18.2 Å². The number of anilines is 1. The van der Waals surface area contributed by atoms with E-state index >= 15 is 0 Å². The number of hydrogen-bond acceptors (Lipinski definition) is 7. The summed E-state index contributed by atoms with van der Waals surface area (Å²) in [5.74, 6) is 0.00251. The van der Waals surface area contributed by atoms with Gasteiger partial charge in [0.2, 0.25) is 16.0 Å². The van der Waals surface area contributed by atoms with Crippen LogP contribution in [0.15, 0.2) is 28.1 Å². The molecule has 3 aliphatic heterocycles. The molecule has 0 unspecified atom stereocenters. The number of fused-ring (bicyclic) bond motifs is 3. The largest absolute Gasteiger partial charge is 0.374 e. The second kappa shape index (κ2) is 5.78. The maximum atomic E-state index is 13.4. The lowest BCUT2D eigenvalue weighted by molar-refractivity contribution is -0.0750. The predicted octanol–water partition coefficient (Wildman–Crippen LogP) is 0.830. The summed E-state index contributed by atoms with van der Waals surface area (Å²) in [6.07, 6.45) is 1.58. The quantitative estimate of drug-likeness (QED) is 0.779. The monoisotopic (exact) mass is 415 g/mol. The van der Waals surface area contributed by atoms with Gasteiger partial charge in [-0.15, -0.1) is 0 Å². The van der Waals surface area contributed by atoms with E-state index in [2.05, 4.69) is 15.8 Å². The molecule has 2 fully saturated rings. The minimum atomic E-state index is -3.76. The lowest BCUT2D eigenvalue weighted by Gasteiger charge is -2.48. The molecule has 1 aliphatic carbocycles. The number of carbonyl (C=O) groups is 1. The summed E-state index contributed by atoms with van der Waals surface area (Å²) >= 11 is 0. The van der Waals surface area contributed by atoms with Crippen LogP contribution in [0.3, 0.4) is 0 Å². The Hall–Kier alpha value is -2.48. The van der Waals surface area contributed by atoms with Gasteiger partial charge in [0, 0.05) is 5.54 Å². The first-order valence-corrected chi connectivity index (χ1v) is 11.0. The summed E-state index contributed by atoms with van der Waals surface area (Å²) in [5, 5.41) is 9.76. The minimum Gasteiger partial charge on any atom is -0.374 e. The van der Waals surface area contributed by atoms with Gasteiger partial charge in [0.15, 0.2) is 5.54 Å². The van der Waals surface area contributed by atoms with Gasteiger partial charge in [0.25, 0.3) is 5.91 Å². The van der Waals surface area contributed by atoms with Gasteiger partial charge in [0.1, 0.15) is 0 Å². The van der Waals surface area contributed by atoms with Crippen LogP contribution in [-0.2, 0) is 14.8 Å². The van der Waals surface area contributed by atoms with Crippen LogP contribution in [0.4, 0.5) is 5.69 Å². The van der Waals surface area contributed by atoms with Crippen molar-refractivity contribution in [2.45, 2.75) is 48.7 Å². The molecule has 1 atom stereocenters. The van der Waals surface area contributed by atoms with Gasteiger partial charge in [-0.2, -0.15) is 5.26 Å². The molecular formula is C19H21N5O4S. The summed E-state index contributed by atoms with van der Waals surface area (Å²) in [7, 11) is -3.76. The van der Waals surface area contributed by atoms with Crippen molar-refractivity contribution in [1.29, 1.82) is 5.26 Å². The van der Waals surface area contributed by atoms with Crippen LogP contribution < -0.4 is 9.62 Å². The summed E-state index contributed by atoms with van der Waals surface area (Å²) in [6.45, 7) is 4.52. The van der Waals surface area contributed by atoms with Crippen LogP contribution in [0.2, 0.25) is 0 Å². The number of nitrogens with one attached hydrogen (secondary N) is 1. The Balaban J connectivity index is 1.62. The topological polar surface area (TPSA) is 115 Å². The Morgan fingerprint density at radius 3 is 2.66 bits per heavy atom. The highest BCUT2D eigenvalue weighted by Gasteiger charge is 2.55. The number of ether oxygens (including phenoxy) is 1. The zero-order chi connectivity index (χ0) is 20.6. The SMILES string of the molecule is C[C@@H]1CN=C2N1c1ccc(S(=O)(=O)NC3(C)CC3)cc1C(=O)N2C1(C#N)COC1. The number of rotatable bonds is 4. The van der Waals surface area contributed by atoms with Gasteiger partial charge in [-0.25, -0.2) is 13.1 Å². The van der Waals surface area contributed by atoms with Crippen LogP contribution in [0, 0.1) is 11.3 Å². The number of amides is 1. The van der Waals surface area contributed by atoms with Crippen molar-refractivity contribution in [2.24, 2.45) is 4.99 Å². The van der Waals surface area contributed by atoms with E-state index in [-0.39, 0.29) is 29.7 Å². The first-order valence-electron chi connectivity index (χ1n) is 9.55. The highest BCUT2D eigenvalue weighted by molar-refractivity contribution is 7.89. The predicted molar refractivity (Wildman–Crippen MR) is 104 cm³/mol. The number of hydrogen-bond donors (Lipinski definition) is 1. The molecular weight excluding hydrogens is 394 g/mol. The van der Waals surface area contributed by atoms with E-state index in [0.717, 1.165) is 12.8 Å². The van der Waals surface area contributed by atoms with Gasteiger partial charge in [-0.05, 0) is 44.9 Å². The second-order valence-corrected chi connectivity index (χ2v) is 10.2. The molecule has 1 aromatic carbocycles. The van der Waals surface area contributed by atoms with Crippen LogP contribution in [0.25, 0.3) is 0 Å². The smallest absolute Gasteiger partial charge is 0.264 e. The molecule has 5 rings (SSSR count). The number of guanidine groups is 1. The third kappa shape index (κ3) is 2.61. The van der Waals surface area contributed by atoms with Gasteiger partial charge >= 0.3 is 0 Å². The Morgan fingerprint density at radius 2 is 2.07 bits per heavy atom. The average Bonchev–Trinajstić information content (AvgIpc) is 3.23. The number of nitrogens with zero attached hydrogens (tertiary/aromatic N) is 4. The molecule has 1 N–H and O–H groups in total. The molecule has 1 saturated heterocycles. The lowest BCUT2D eigenvalue weighted by Crippen LogP contribution is -2.69. The van der Waals surface area contributed by atoms with Crippen molar-refractivity contribution >= 4 is 27.6 Å². The fourth-order valence-corrected chi connectivity index (χ4v) is 5.46. The Bertz CT molecular complexity index is 1100. The first kappa shape index (κ1) is 18.5. The molecule has 0 spiro atoms. The number of benzene rings is 1. The maximum Gasteiger partial charge on any atom is 0.264 e. The number of nitriles is 1. The van der Waals surface area contributed by atoms with E-state index in [1.807, 2.05) is 18.7 Å². The summed E-state index contributed by atoms with van der Waals surface area (Å²) in [6, 6.07) is 6.77. The molecule has 0 radical (unpaired) electrons. The fourth-order valence-electron chi connectivity index (χ4n) is 3.97. The normalized spacial score (nSPS) is 26.2. The Morgan fingerprint density at radius 1 is 1.34 bits per heavy atom. The highest BCUT2D eigenvalue weighted by Crippen LogP contribution is 2.40. The molecule has 1 saturated carbocycles. The van der Waals surface area contributed by atoms with Gasteiger partial charge < -0.3 is 9.64 Å². The first-order chi connectivity index (χ1) is 13.7. The molecule has 10 heteroatoms. The molecule has 152 valence electrons. The molecule has 9 nitrogen and oxygen atoms in total. The van der Waals surface area contributed by atoms with E-state index in [9.17, 15) is 18.5 Å². The molecule has 1 amide bonds. The zero-order valence-corrected chi connectivity index (χ0v) is 17.0. The number of aliphatic imine (C=N–C) groups is 1. The Kier molecular flexibility index (Phi) is 3.70. The van der Waals surface area contributed by atoms with Crippen molar-refractivity contribution in [3.05, 3.63) is 23.8 Å². The molecule has 0 bridgehead atoms. The van der Waals surface area contributed by atoms with Crippen molar-refractivity contribution in [1.82, 2.24) is 9.62 Å². The van der Waals surface area contributed by atoms with E-state index in [4.69, 9.17) is 4.74 Å². The van der Waals surface area contributed by atoms with Crippen LogP contribution in [0.1, 0.15) is 37.0 Å². The van der Waals surface area contributed by atoms with E-state index < -0.39 is 27.0 Å². The van der Waals surface area contributed by atoms with Gasteiger partial charge in [-0.3, -0.25) is 14.7 Å². The van der Waals surface area contributed by atoms with Crippen LogP contribution >= 0.6 is 0 Å². The summed E-state index contributed by atoms with van der Waals surface area (Å²) in [4.78, 5) is 21.3. The number of carbonyl (C=O) groups excluding carboxylic acids is 1.